The van der Waals surface area contributed by atoms with Crippen molar-refractivity contribution in [3.8, 4) is 51.7 Å². The first-order valence-electron chi connectivity index (χ1n) is 16.3. The first-order valence-corrected chi connectivity index (χ1v) is 16.3. The van der Waals surface area contributed by atoms with Gasteiger partial charge < -0.3 is 50.7 Å². The van der Waals surface area contributed by atoms with Crippen molar-refractivity contribution in [2.75, 3.05) is 0 Å². The Kier molecular flexibility index (Phi) is 8.75. The van der Waals surface area contributed by atoms with Crippen LogP contribution in [0.4, 0.5) is 0 Å². The fourth-order valence-electron chi connectivity index (χ4n) is 6.94. The Balaban J connectivity index is 1.44. The van der Waals surface area contributed by atoms with Gasteiger partial charge in [-0.15, -0.1) is 0 Å². The minimum absolute atomic E-state index is 0.0169. The van der Waals surface area contributed by atoms with Crippen molar-refractivity contribution < 1.29 is 50.7 Å². The van der Waals surface area contributed by atoms with Crippen LogP contribution < -0.4 is 4.74 Å². The monoisotopic (exact) mass is 698 g/mol. The maximum absolute atomic E-state index is 12.0. The van der Waals surface area contributed by atoms with Gasteiger partial charge in [-0.2, -0.15) is 0 Å². The quantitative estimate of drug-likeness (QED) is 0.0714. The normalized spacial score (nSPS) is 16.5. The van der Waals surface area contributed by atoms with Gasteiger partial charge in [0.25, 0.3) is 0 Å². The smallest absolute Gasteiger partial charge is 0.135 e. The molecule has 9 N–H and O–H groups in total. The van der Waals surface area contributed by atoms with Gasteiger partial charge in [0.05, 0.1) is 12.0 Å². The zero-order valence-corrected chi connectivity index (χ0v) is 27.4. The Bertz CT molecular complexity index is 2240. The summed E-state index contributed by atoms with van der Waals surface area (Å²) in [5.41, 5.74) is 3.96. The van der Waals surface area contributed by atoms with Crippen LogP contribution in [0.25, 0.3) is 11.6 Å². The SMILES string of the molecule is Oc1ccc([C@@H](O)[C@H](C(=Cc2ccc3c(c2)[C@H](c2cc(O)cc(O)c2)[C@@H](c2ccc(O)cc2)O3)c2cc(O)cc(O)c2)c2cc(O)cc(O)c2)cc1. The first kappa shape index (κ1) is 33.7. The van der Waals surface area contributed by atoms with Crippen molar-refractivity contribution in [2.45, 2.75) is 24.0 Å². The third-order valence-electron chi connectivity index (χ3n) is 9.16. The van der Waals surface area contributed by atoms with Crippen molar-refractivity contribution in [3.05, 3.63) is 160 Å². The molecular weight excluding hydrogens is 664 g/mol. The third-order valence-corrected chi connectivity index (χ3v) is 9.16. The van der Waals surface area contributed by atoms with E-state index in [-0.39, 0.29) is 46.0 Å². The van der Waals surface area contributed by atoms with Crippen LogP contribution in [0.3, 0.4) is 0 Å². The zero-order chi connectivity index (χ0) is 36.7. The summed E-state index contributed by atoms with van der Waals surface area (Å²) < 4.78 is 6.46. The number of phenolic OH excluding ortho intramolecular Hbond substituents is 8. The highest BCUT2D eigenvalue weighted by Crippen LogP contribution is 2.52. The van der Waals surface area contributed by atoms with Gasteiger partial charge in [0.1, 0.15) is 57.8 Å². The molecule has 0 fully saturated rings. The number of ether oxygens (including phenoxy) is 1. The number of aromatic hydroxyl groups is 8. The van der Waals surface area contributed by atoms with E-state index < -0.39 is 24.0 Å². The third kappa shape index (κ3) is 6.83. The molecular formula is C42H34O10. The minimum atomic E-state index is -1.34. The molecule has 1 aliphatic heterocycles. The molecule has 262 valence electrons. The summed E-state index contributed by atoms with van der Waals surface area (Å²) in [5.74, 6) is -2.29. The van der Waals surface area contributed by atoms with E-state index >= 15 is 0 Å². The molecule has 0 aliphatic carbocycles. The Morgan fingerprint density at radius 2 is 1.02 bits per heavy atom. The average molecular weight is 699 g/mol. The number of phenols is 8. The van der Waals surface area contributed by atoms with E-state index in [9.17, 15) is 46.0 Å². The summed E-state index contributed by atoms with van der Waals surface area (Å²) in [4.78, 5) is 0. The predicted molar refractivity (Wildman–Crippen MR) is 193 cm³/mol. The number of hydrogen-bond acceptors (Lipinski definition) is 10. The minimum Gasteiger partial charge on any atom is -0.508 e. The van der Waals surface area contributed by atoms with Gasteiger partial charge in [-0.1, -0.05) is 36.4 Å². The van der Waals surface area contributed by atoms with Crippen molar-refractivity contribution in [1.82, 2.24) is 0 Å². The lowest BCUT2D eigenvalue weighted by Crippen LogP contribution is -2.13. The lowest BCUT2D eigenvalue weighted by Gasteiger charge is -2.28. The second-order valence-electron chi connectivity index (χ2n) is 12.8. The fraction of sp³-hybridized carbons (Fsp3) is 0.0952. The molecule has 1 aliphatic rings. The van der Waals surface area contributed by atoms with Gasteiger partial charge in [-0.3, -0.25) is 0 Å². The van der Waals surface area contributed by atoms with Crippen LogP contribution in [0.2, 0.25) is 0 Å². The zero-order valence-electron chi connectivity index (χ0n) is 27.4. The molecule has 1 heterocycles. The summed E-state index contributed by atoms with van der Waals surface area (Å²) in [6.45, 7) is 0. The summed E-state index contributed by atoms with van der Waals surface area (Å²) in [5, 5.41) is 95.1. The topological polar surface area (TPSA) is 191 Å². The van der Waals surface area contributed by atoms with Crippen molar-refractivity contribution in [2.24, 2.45) is 0 Å². The van der Waals surface area contributed by atoms with Gasteiger partial charge >= 0.3 is 0 Å². The number of rotatable bonds is 8. The van der Waals surface area contributed by atoms with Crippen molar-refractivity contribution in [1.29, 1.82) is 0 Å². The summed E-state index contributed by atoms with van der Waals surface area (Å²) in [6, 6.07) is 30.1. The molecule has 0 radical (unpaired) electrons. The van der Waals surface area contributed by atoms with Crippen LogP contribution in [0.15, 0.2) is 121 Å². The predicted octanol–water partition coefficient (Wildman–Crippen LogP) is 7.66. The second kappa shape index (κ2) is 13.5. The van der Waals surface area contributed by atoms with Gasteiger partial charge in [-0.25, -0.2) is 0 Å². The number of aliphatic hydroxyl groups excluding tert-OH is 1. The molecule has 10 heteroatoms. The van der Waals surface area contributed by atoms with Crippen LogP contribution in [0.1, 0.15) is 63.0 Å². The van der Waals surface area contributed by atoms with E-state index in [4.69, 9.17) is 4.74 Å². The van der Waals surface area contributed by atoms with E-state index in [2.05, 4.69) is 0 Å². The number of hydrogen-bond donors (Lipinski definition) is 9. The molecule has 0 unspecified atom stereocenters. The molecule has 6 aromatic carbocycles. The molecule has 0 aromatic heterocycles. The van der Waals surface area contributed by atoms with Gasteiger partial charge in [0.2, 0.25) is 0 Å². The van der Waals surface area contributed by atoms with Gasteiger partial charge in [-0.05, 0) is 112 Å². The van der Waals surface area contributed by atoms with Crippen LogP contribution >= 0.6 is 0 Å². The van der Waals surface area contributed by atoms with E-state index in [1.807, 2.05) is 6.07 Å². The molecule has 6 aromatic rings. The Morgan fingerprint density at radius 3 is 1.60 bits per heavy atom. The molecule has 52 heavy (non-hydrogen) atoms. The number of fused-ring (bicyclic) bond motifs is 1. The molecule has 0 amide bonds. The molecule has 0 saturated carbocycles. The summed E-state index contributed by atoms with van der Waals surface area (Å²) in [6.07, 6.45) is -0.204. The van der Waals surface area contributed by atoms with Crippen LogP contribution in [-0.2, 0) is 0 Å². The number of aliphatic hydroxyl groups is 1. The van der Waals surface area contributed by atoms with Crippen LogP contribution in [0, 0.1) is 0 Å². The van der Waals surface area contributed by atoms with E-state index in [1.54, 1.807) is 54.6 Å². The van der Waals surface area contributed by atoms with E-state index in [0.29, 0.717) is 44.7 Å². The second-order valence-corrected chi connectivity index (χ2v) is 12.8. The van der Waals surface area contributed by atoms with Crippen LogP contribution in [-0.4, -0.2) is 46.0 Å². The molecule has 10 nitrogen and oxygen atoms in total. The maximum atomic E-state index is 12.0. The maximum Gasteiger partial charge on any atom is 0.135 e. The number of benzene rings is 6. The molecule has 7 rings (SSSR count). The van der Waals surface area contributed by atoms with Crippen molar-refractivity contribution >= 4 is 11.6 Å². The van der Waals surface area contributed by atoms with E-state index in [0.717, 1.165) is 17.7 Å². The Hall–Kier alpha value is -6.78. The molecule has 0 spiro atoms. The highest BCUT2D eigenvalue weighted by atomic mass is 16.5. The fourth-order valence-corrected chi connectivity index (χ4v) is 6.94. The van der Waals surface area contributed by atoms with Gasteiger partial charge in [0.15, 0.2) is 0 Å². The molecule has 4 atom stereocenters. The van der Waals surface area contributed by atoms with Gasteiger partial charge in [0, 0.05) is 29.7 Å². The van der Waals surface area contributed by atoms with Crippen molar-refractivity contribution in [3.63, 3.8) is 0 Å². The Morgan fingerprint density at radius 1 is 0.500 bits per heavy atom. The average Bonchev–Trinajstić information content (AvgIpc) is 3.46. The first-order chi connectivity index (χ1) is 24.9. The lowest BCUT2D eigenvalue weighted by atomic mass is 9.79. The highest BCUT2D eigenvalue weighted by molar-refractivity contribution is 5.87. The molecule has 0 bridgehead atoms. The lowest BCUT2D eigenvalue weighted by molar-refractivity contribution is 0.165. The Labute approximate surface area is 297 Å². The van der Waals surface area contributed by atoms with Crippen LogP contribution in [0.5, 0.6) is 51.7 Å². The summed E-state index contributed by atoms with van der Waals surface area (Å²) in [7, 11) is 0. The molecule has 0 saturated heterocycles. The van der Waals surface area contributed by atoms with E-state index in [1.165, 1.54) is 54.6 Å². The highest BCUT2D eigenvalue weighted by Gasteiger charge is 2.38. The standard InChI is InChI=1S/C42H34O10/c43-28-6-2-23(3-7-28)41(51)39(26-15-32(47)20-33(48)16-26)36(25-13-30(45)19-31(46)14-25)11-22-1-10-38-37(12-22)40(27-17-34(49)21-35(50)18-27)42(52-38)24-4-8-29(44)9-5-24/h1-21,39-51H/t39-,40-,41+,42+/m0/s1. The summed E-state index contributed by atoms with van der Waals surface area (Å²) >= 11 is 0. The largest absolute Gasteiger partial charge is 0.508 e.